The van der Waals surface area contributed by atoms with Gasteiger partial charge in [-0.25, -0.2) is 0 Å². The molecular weight excluding hydrogens is 260 g/mol. The smallest absolute Gasteiger partial charge is 0.123 e. The molecule has 3 rings (SSSR count). The average Bonchev–Trinajstić information content (AvgIpc) is 3.35. The number of para-hydroxylation sites is 1. The first-order valence-corrected chi connectivity index (χ1v) is 8.55. The minimum absolute atomic E-state index is 0.679. The summed E-state index contributed by atoms with van der Waals surface area (Å²) in [5.41, 5.74) is 1.34. The lowest BCUT2D eigenvalue weighted by Crippen LogP contribution is -2.44. The largest absolute Gasteiger partial charge is 0.494 e. The van der Waals surface area contributed by atoms with Crippen LogP contribution in [-0.4, -0.2) is 36.7 Å². The van der Waals surface area contributed by atoms with Gasteiger partial charge < -0.3 is 10.1 Å². The molecule has 3 heteroatoms. The van der Waals surface area contributed by atoms with E-state index in [4.69, 9.17) is 4.74 Å². The molecule has 1 N–H and O–H groups in total. The standard InChI is InChI=1S/C18H28N2O/c1-2-21-18-9-4-3-7-15(18)13-20(17-10-11-17)14-16-8-5-6-12-19-16/h3-4,7,9,16-17,19H,2,5-6,8,10-14H2,1H3. The van der Waals surface area contributed by atoms with Gasteiger partial charge in [-0.2, -0.15) is 0 Å². The summed E-state index contributed by atoms with van der Waals surface area (Å²) in [5, 5.41) is 3.68. The van der Waals surface area contributed by atoms with E-state index in [0.29, 0.717) is 6.04 Å². The number of nitrogens with zero attached hydrogens (tertiary/aromatic N) is 1. The second-order valence-corrected chi connectivity index (χ2v) is 6.35. The molecule has 1 heterocycles. The van der Waals surface area contributed by atoms with Gasteiger partial charge in [0.2, 0.25) is 0 Å². The molecule has 1 aliphatic heterocycles. The Morgan fingerprint density at radius 2 is 2.05 bits per heavy atom. The molecule has 2 aliphatic rings. The van der Waals surface area contributed by atoms with Gasteiger partial charge in [-0.3, -0.25) is 4.90 Å². The van der Waals surface area contributed by atoms with Crippen LogP contribution in [0.4, 0.5) is 0 Å². The molecule has 1 aromatic rings. The average molecular weight is 288 g/mol. The highest BCUT2D eigenvalue weighted by Crippen LogP contribution is 2.31. The summed E-state index contributed by atoms with van der Waals surface area (Å²) < 4.78 is 5.79. The quantitative estimate of drug-likeness (QED) is 0.834. The normalized spacial score (nSPS) is 22.5. The van der Waals surface area contributed by atoms with E-state index in [9.17, 15) is 0 Å². The zero-order chi connectivity index (χ0) is 14.5. The van der Waals surface area contributed by atoms with E-state index in [0.717, 1.165) is 24.9 Å². The Kier molecular flexibility index (Phi) is 5.15. The lowest BCUT2D eigenvalue weighted by molar-refractivity contribution is 0.205. The van der Waals surface area contributed by atoms with Gasteiger partial charge in [0.05, 0.1) is 6.61 Å². The summed E-state index contributed by atoms with van der Waals surface area (Å²) in [6, 6.07) is 9.99. The van der Waals surface area contributed by atoms with Crippen molar-refractivity contribution in [2.75, 3.05) is 19.7 Å². The van der Waals surface area contributed by atoms with E-state index in [-0.39, 0.29) is 0 Å². The molecule has 116 valence electrons. The van der Waals surface area contributed by atoms with Crippen molar-refractivity contribution in [3.05, 3.63) is 29.8 Å². The second-order valence-electron chi connectivity index (χ2n) is 6.35. The predicted octanol–water partition coefficient (Wildman–Crippen LogP) is 3.19. The summed E-state index contributed by atoms with van der Waals surface area (Å²) in [6.07, 6.45) is 6.78. The van der Waals surface area contributed by atoms with Crippen LogP contribution in [0.15, 0.2) is 24.3 Å². The maximum absolute atomic E-state index is 5.79. The van der Waals surface area contributed by atoms with Gasteiger partial charge in [0.1, 0.15) is 5.75 Å². The molecule has 0 radical (unpaired) electrons. The number of ether oxygens (including phenoxy) is 1. The van der Waals surface area contributed by atoms with Crippen molar-refractivity contribution in [2.24, 2.45) is 0 Å². The molecule has 0 amide bonds. The zero-order valence-corrected chi connectivity index (χ0v) is 13.2. The van der Waals surface area contributed by atoms with Crippen molar-refractivity contribution < 1.29 is 4.74 Å². The third-order valence-electron chi connectivity index (χ3n) is 4.58. The molecule has 1 aliphatic carbocycles. The minimum atomic E-state index is 0.679. The summed E-state index contributed by atoms with van der Waals surface area (Å²) in [6.45, 7) is 6.20. The Balaban J connectivity index is 1.64. The van der Waals surface area contributed by atoms with Crippen LogP contribution in [0.5, 0.6) is 5.75 Å². The van der Waals surface area contributed by atoms with E-state index < -0.39 is 0 Å². The van der Waals surface area contributed by atoms with Crippen molar-refractivity contribution in [3.63, 3.8) is 0 Å². The van der Waals surface area contributed by atoms with Gasteiger partial charge in [0.25, 0.3) is 0 Å². The maximum Gasteiger partial charge on any atom is 0.123 e. The summed E-state index contributed by atoms with van der Waals surface area (Å²) in [5.74, 6) is 1.06. The zero-order valence-electron chi connectivity index (χ0n) is 13.2. The lowest BCUT2D eigenvalue weighted by atomic mass is 10.0. The Labute approximate surface area is 128 Å². The summed E-state index contributed by atoms with van der Waals surface area (Å²) in [7, 11) is 0. The van der Waals surface area contributed by atoms with Crippen molar-refractivity contribution in [2.45, 2.75) is 57.7 Å². The minimum Gasteiger partial charge on any atom is -0.494 e. The van der Waals surface area contributed by atoms with Crippen LogP contribution in [-0.2, 0) is 6.54 Å². The number of nitrogens with one attached hydrogen (secondary N) is 1. The molecule has 1 saturated carbocycles. The fraction of sp³-hybridized carbons (Fsp3) is 0.667. The van der Waals surface area contributed by atoms with Gasteiger partial charge in [0, 0.05) is 30.7 Å². The van der Waals surface area contributed by atoms with Crippen molar-refractivity contribution in [1.82, 2.24) is 10.2 Å². The van der Waals surface area contributed by atoms with Crippen molar-refractivity contribution in [3.8, 4) is 5.75 Å². The molecule has 0 bridgehead atoms. The van der Waals surface area contributed by atoms with Crippen LogP contribution < -0.4 is 10.1 Å². The molecule has 1 atom stereocenters. The SMILES string of the molecule is CCOc1ccccc1CN(CC1CCCCN1)C1CC1. The van der Waals surface area contributed by atoms with E-state index in [1.54, 1.807) is 0 Å². The van der Waals surface area contributed by atoms with Crippen LogP contribution >= 0.6 is 0 Å². The molecular formula is C18H28N2O. The lowest BCUT2D eigenvalue weighted by Gasteiger charge is -2.31. The first kappa shape index (κ1) is 14.9. The van der Waals surface area contributed by atoms with Crippen LogP contribution in [0, 0.1) is 0 Å². The van der Waals surface area contributed by atoms with Crippen LogP contribution in [0.1, 0.15) is 44.6 Å². The number of hydrogen-bond donors (Lipinski definition) is 1. The molecule has 1 saturated heterocycles. The van der Waals surface area contributed by atoms with E-state index >= 15 is 0 Å². The molecule has 0 aromatic heterocycles. The second kappa shape index (κ2) is 7.28. The monoisotopic (exact) mass is 288 g/mol. The van der Waals surface area contributed by atoms with Gasteiger partial charge in [-0.05, 0) is 45.2 Å². The molecule has 2 fully saturated rings. The third-order valence-corrected chi connectivity index (χ3v) is 4.58. The Hall–Kier alpha value is -1.06. The van der Waals surface area contributed by atoms with E-state index in [2.05, 4.69) is 41.4 Å². The molecule has 21 heavy (non-hydrogen) atoms. The van der Waals surface area contributed by atoms with Gasteiger partial charge in [0.15, 0.2) is 0 Å². The maximum atomic E-state index is 5.79. The van der Waals surface area contributed by atoms with Crippen LogP contribution in [0.2, 0.25) is 0 Å². The third kappa shape index (κ3) is 4.21. The first-order chi connectivity index (χ1) is 10.4. The highest BCUT2D eigenvalue weighted by atomic mass is 16.5. The highest BCUT2D eigenvalue weighted by Gasteiger charge is 2.31. The van der Waals surface area contributed by atoms with Crippen molar-refractivity contribution >= 4 is 0 Å². The molecule has 1 unspecified atom stereocenters. The number of rotatable bonds is 7. The topological polar surface area (TPSA) is 24.5 Å². The fourth-order valence-electron chi connectivity index (χ4n) is 3.29. The van der Waals surface area contributed by atoms with Gasteiger partial charge in [-0.15, -0.1) is 0 Å². The number of hydrogen-bond acceptors (Lipinski definition) is 3. The van der Waals surface area contributed by atoms with E-state index in [1.807, 2.05) is 0 Å². The number of piperidine rings is 1. The van der Waals surface area contributed by atoms with Gasteiger partial charge >= 0.3 is 0 Å². The Morgan fingerprint density at radius 3 is 2.76 bits per heavy atom. The fourth-order valence-corrected chi connectivity index (χ4v) is 3.29. The predicted molar refractivity (Wildman–Crippen MR) is 86.7 cm³/mol. The summed E-state index contributed by atoms with van der Waals surface area (Å²) in [4.78, 5) is 2.67. The van der Waals surface area contributed by atoms with E-state index in [1.165, 1.54) is 50.8 Å². The molecule has 3 nitrogen and oxygen atoms in total. The Bertz CT molecular complexity index is 439. The van der Waals surface area contributed by atoms with Gasteiger partial charge in [-0.1, -0.05) is 24.6 Å². The van der Waals surface area contributed by atoms with Crippen LogP contribution in [0.25, 0.3) is 0 Å². The van der Waals surface area contributed by atoms with Crippen LogP contribution in [0.3, 0.4) is 0 Å². The molecule has 0 spiro atoms. The summed E-state index contributed by atoms with van der Waals surface area (Å²) >= 11 is 0. The first-order valence-electron chi connectivity index (χ1n) is 8.55. The van der Waals surface area contributed by atoms with Crippen molar-refractivity contribution in [1.29, 1.82) is 0 Å². The highest BCUT2D eigenvalue weighted by molar-refractivity contribution is 5.33. The molecule has 1 aromatic carbocycles. The Morgan fingerprint density at radius 1 is 1.19 bits per heavy atom. The number of benzene rings is 1.